The second kappa shape index (κ2) is 10.0. The first-order valence-corrected chi connectivity index (χ1v) is 10.3. The number of anilines is 1. The number of benzene rings is 2. The van der Waals surface area contributed by atoms with E-state index in [-0.39, 0.29) is 0 Å². The lowest BCUT2D eigenvalue weighted by molar-refractivity contribution is -0.108. The molecule has 4 rings (SSSR count). The summed E-state index contributed by atoms with van der Waals surface area (Å²) in [4.78, 5) is 22.3. The van der Waals surface area contributed by atoms with Gasteiger partial charge in [-0.2, -0.15) is 0 Å². The van der Waals surface area contributed by atoms with E-state index >= 15 is 0 Å². The van der Waals surface area contributed by atoms with Gasteiger partial charge in [0.1, 0.15) is 18.4 Å². The van der Waals surface area contributed by atoms with Crippen molar-refractivity contribution >= 4 is 46.2 Å². The molecule has 5 nitrogen and oxygen atoms in total. The molecule has 0 amide bonds. The molecule has 29 heavy (non-hydrogen) atoms. The first-order chi connectivity index (χ1) is 14.2. The summed E-state index contributed by atoms with van der Waals surface area (Å²) < 4.78 is 0. The fourth-order valence-corrected chi connectivity index (χ4v) is 4.12. The number of aldehydes is 1. The fraction of sp³-hybridized carbons (Fsp3) is 0.318. The average Bonchev–Trinajstić information content (AvgIpc) is 2.77. The molecule has 1 aliphatic rings. The zero-order chi connectivity index (χ0) is 20.8. The summed E-state index contributed by atoms with van der Waals surface area (Å²) in [6.45, 7) is 1.76. The number of rotatable bonds is 4. The quantitative estimate of drug-likeness (QED) is 0.587. The van der Waals surface area contributed by atoms with Crippen molar-refractivity contribution in [2.45, 2.75) is 19.3 Å². The molecular formula is C22H23Cl2N3O2. The van der Waals surface area contributed by atoms with Crippen molar-refractivity contribution in [2.24, 2.45) is 5.92 Å². The van der Waals surface area contributed by atoms with E-state index in [9.17, 15) is 4.79 Å². The van der Waals surface area contributed by atoms with Gasteiger partial charge >= 0.3 is 0 Å². The molecule has 1 atom stereocenters. The number of aliphatic hydroxyl groups is 1. The maximum Gasteiger partial charge on any atom is 0.140 e. The van der Waals surface area contributed by atoms with Crippen LogP contribution in [0.15, 0.2) is 42.7 Å². The van der Waals surface area contributed by atoms with Crippen molar-refractivity contribution in [1.82, 2.24) is 9.97 Å². The Kier molecular flexibility index (Phi) is 7.42. The van der Waals surface area contributed by atoms with Crippen molar-refractivity contribution in [3.63, 3.8) is 0 Å². The summed E-state index contributed by atoms with van der Waals surface area (Å²) in [7, 11) is 1.00. The monoisotopic (exact) mass is 431 g/mol. The number of aromatic nitrogens is 2. The van der Waals surface area contributed by atoms with E-state index in [2.05, 4.69) is 20.9 Å². The van der Waals surface area contributed by atoms with Gasteiger partial charge in [-0.15, -0.1) is 0 Å². The number of fused-ring (bicyclic) bond motifs is 1. The highest BCUT2D eigenvalue weighted by molar-refractivity contribution is 6.42. The Morgan fingerprint density at radius 2 is 2.00 bits per heavy atom. The van der Waals surface area contributed by atoms with E-state index in [4.69, 9.17) is 28.3 Å². The number of nitrogens with zero attached hydrogens (tertiary/aromatic N) is 3. The molecule has 1 aromatic heterocycles. The molecule has 0 bridgehead atoms. The van der Waals surface area contributed by atoms with Crippen molar-refractivity contribution in [1.29, 1.82) is 0 Å². The lowest BCUT2D eigenvalue weighted by Gasteiger charge is -2.33. The zero-order valence-corrected chi connectivity index (χ0v) is 17.7. The van der Waals surface area contributed by atoms with Gasteiger partial charge in [-0.05, 0) is 48.1 Å². The van der Waals surface area contributed by atoms with Gasteiger partial charge in [-0.25, -0.2) is 9.97 Å². The second-order valence-electron chi connectivity index (χ2n) is 6.88. The van der Waals surface area contributed by atoms with Crippen LogP contribution in [0.1, 0.15) is 19.3 Å². The predicted octanol–water partition coefficient (Wildman–Crippen LogP) is 5.02. The first-order valence-electron chi connectivity index (χ1n) is 9.50. The highest BCUT2D eigenvalue weighted by Crippen LogP contribution is 2.37. The van der Waals surface area contributed by atoms with Gasteiger partial charge in [0, 0.05) is 26.6 Å². The van der Waals surface area contributed by atoms with Crippen LogP contribution in [-0.4, -0.2) is 41.6 Å². The molecule has 2 aromatic carbocycles. The Morgan fingerprint density at radius 1 is 1.17 bits per heavy atom. The third kappa shape index (κ3) is 4.69. The lowest BCUT2D eigenvalue weighted by atomic mass is 9.94. The molecule has 0 radical (unpaired) electrons. The van der Waals surface area contributed by atoms with Crippen LogP contribution in [0, 0.1) is 5.92 Å². The topological polar surface area (TPSA) is 66.3 Å². The van der Waals surface area contributed by atoms with Gasteiger partial charge in [0.2, 0.25) is 0 Å². The Morgan fingerprint density at radius 3 is 2.76 bits per heavy atom. The molecule has 1 saturated heterocycles. The van der Waals surface area contributed by atoms with E-state index in [1.54, 1.807) is 6.33 Å². The van der Waals surface area contributed by atoms with Gasteiger partial charge in [0.25, 0.3) is 0 Å². The molecule has 0 spiro atoms. The van der Waals surface area contributed by atoms with Gasteiger partial charge < -0.3 is 14.8 Å². The molecule has 1 unspecified atom stereocenters. The number of carbonyl (C=O) groups is 1. The van der Waals surface area contributed by atoms with Crippen LogP contribution in [0.4, 0.5) is 5.82 Å². The van der Waals surface area contributed by atoms with Crippen LogP contribution in [-0.2, 0) is 4.79 Å². The molecule has 2 heterocycles. The average molecular weight is 432 g/mol. The van der Waals surface area contributed by atoms with Crippen LogP contribution >= 0.6 is 23.2 Å². The molecule has 0 saturated carbocycles. The van der Waals surface area contributed by atoms with Crippen molar-refractivity contribution in [2.75, 3.05) is 25.1 Å². The molecule has 1 aliphatic heterocycles. The second-order valence-corrected chi connectivity index (χ2v) is 7.70. The fourth-order valence-electron chi connectivity index (χ4n) is 3.82. The van der Waals surface area contributed by atoms with Crippen molar-refractivity contribution in [3.8, 4) is 11.1 Å². The normalized spacial score (nSPS) is 16.3. The minimum absolute atomic E-state index is 0.374. The summed E-state index contributed by atoms with van der Waals surface area (Å²) in [5, 5.41) is 9.06. The maximum absolute atomic E-state index is 11.0. The first kappa shape index (κ1) is 21.5. The van der Waals surface area contributed by atoms with E-state index in [1.807, 2.05) is 30.3 Å². The summed E-state index contributed by atoms with van der Waals surface area (Å²) in [5.41, 5.74) is 2.90. The summed E-state index contributed by atoms with van der Waals surface area (Å²) in [5.74, 6) is 1.29. The van der Waals surface area contributed by atoms with Crippen molar-refractivity contribution < 1.29 is 9.90 Å². The van der Waals surface area contributed by atoms with E-state index in [0.717, 1.165) is 67.2 Å². The Balaban J connectivity index is 0.00000117. The largest absolute Gasteiger partial charge is 0.400 e. The highest BCUT2D eigenvalue weighted by atomic mass is 35.5. The molecule has 0 aliphatic carbocycles. The number of aliphatic hydroxyl groups excluding tert-OH is 1. The smallest absolute Gasteiger partial charge is 0.140 e. The minimum Gasteiger partial charge on any atom is -0.400 e. The third-order valence-corrected chi connectivity index (χ3v) is 5.86. The number of halogens is 2. The summed E-state index contributed by atoms with van der Waals surface area (Å²) >= 11 is 12.3. The number of piperidine rings is 1. The van der Waals surface area contributed by atoms with Gasteiger partial charge in [-0.1, -0.05) is 41.4 Å². The van der Waals surface area contributed by atoms with Crippen LogP contribution in [0.3, 0.4) is 0 Å². The van der Waals surface area contributed by atoms with E-state index in [0.29, 0.717) is 22.4 Å². The SMILES string of the molecule is CO.O=CCC1CCCN(c2ncnc3cccc(-c4ccc(Cl)c(Cl)c4)c23)C1. The van der Waals surface area contributed by atoms with Crippen LogP contribution in [0.5, 0.6) is 0 Å². The maximum atomic E-state index is 11.0. The Bertz CT molecular complexity index is 992. The van der Waals surface area contributed by atoms with Gasteiger partial charge in [-0.3, -0.25) is 0 Å². The van der Waals surface area contributed by atoms with Crippen LogP contribution in [0.25, 0.3) is 22.0 Å². The number of hydrogen-bond acceptors (Lipinski definition) is 5. The Labute approximate surface area is 180 Å². The van der Waals surface area contributed by atoms with Crippen LogP contribution in [0.2, 0.25) is 10.0 Å². The molecular weight excluding hydrogens is 409 g/mol. The molecule has 1 fully saturated rings. The zero-order valence-electron chi connectivity index (χ0n) is 16.2. The third-order valence-electron chi connectivity index (χ3n) is 5.12. The van der Waals surface area contributed by atoms with E-state index < -0.39 is 0 Å². The van der Waals surface area contributed by atoms with Gasteiger partial charge in [0.15, 0.2) is 0 Å². The molecule has 152 valence electrons. The van der Waals surface area contributed by atoms with E-state index in [1.165, 1.54) is 0 Å². The van der Waals surface area contributed by atoms with Crippen molar-refractivity contribution in [3.05, 3.63) is 52.8 Å². The molecule has 7 heteroatoms. The summed E-state index contributed by atoms with van der Waals surface area (Å²) in [6.07, 6.45) is 5.36. The standard InChI is InChI=1S/C21H19Cl2N3O.CH4O/c22-17-7-6-15(11-18(17)23)16-4-1-5-19-20(16)21(25-13-24-19)26-9-2-3-14(12-26)8-10-27;1-2/h1,4-7,10-11,13-14H,2-3,8-9,12H2;2H,1H3. The highest BCUT2D eigenvalue weighted by Gasteiger charge is 2.23. The van der Waals surface area contributed by atoms with Crippen LogP contribution < -0.4 is 4.90 Å². The lowest BCUT2D eigenvalue weighted by Crippen LogP contribution is -2.36. The van der Waals surface area contributed by atoms with Gasteiger partial charge in [0.05, 0.1) is 20.9 Å². The number of hydrogen-bond donors (Lipinski definition) is 1. The predicted molar refractivity (Wildman–Crippen MR) is 119 cm³/mol. The molecule has 3 aromatic rings. The Hall–Kier alpha value is -2.21. The minimum atomic E-state index is 0.374. The molecule has 1 N–H and O–H groups in total. The summed E-state index contributed by atoms with van der Waals surface area (Å²) in [6, 6.07) is 11.7. The number of carbonyl (C=O) groups excluding carboxylic acids is 1.